The highest BCUT2D eigenvalue weighted by atomic mass is 35.5. The third-order valence-electron chi connectivity index (χ3n) is 6.55. The van der Waals surface area contributed by atoms with Gasteiger partial charge in [0.1, 0.15) is 16.0 Å². The number of carbonyl (C=O) groups is 1. The first-order valence-electron chi connectivity index (χ1n) is 13.1. The number of thiophene rings is 1. The average Bonchev–Trinajstić information content (AvgIpc) is 3.47. The maximum atomic E-state index is 13.8. The fourth-order valence-corrected chi connectivity index (χ4v) is 9.27. The maximum Gasteiger partial charge on any atom is 0.263 e. The van der Waals surface area contributed by atoms with Crippen molar-refractivity contribution in [3.63, 3.8) is 0 Å². The van der Waals surface area contributed by atoms with E-state index in [1.165, 1.54) is 6.07 Å². The van der Waals surface area contributed by atoms with E-state index in [9.17, 15) is 21.6 Å². The summed E-state index contributed by atoms with van der Waals surface area (Å²) >= 11 is 6.76. The zero-order valence-corrected chi connectivity index (χ0v) is 25.4. The van der Waals surface area contributed by atoms with Gasteiger partial charge >= 0.3 is 0 Å². The Morgan fingerprint density at radius 1 is 1.12 bits per heavy atom. The van der Waals surface area contributed by atoms with Crippen LogP contribution in [0.1, 0.15) is 32.6 Å². The van der Waals surface area contributed by atoms with Gasteiger partial charge in [0.05, 0.1) is 12.4 Å². The summed E-state index contributed by atoms with van der Waals surface area (Å²) in [5.41, 5.74) is 3.14. The highest BCUT2D eigenvalue weighted by molar-refractivity contribution is 7.91. The van der Waals surface area contributed by atoms with Gasteiger partial charge in [-0.15, -0.1) is 22.9 Å². The Morgan fingerprint density at radius 3 is 2.58 bits per heavy atom. The van der Waals surface area contributed by atoms with Gasteiger partial charge in [0, 0.05) is 43.4 Å². The van der Waals surface area contributed by atoms with E-state index in [2.05, 4.69) is 5.48 Å². The summed E-state index contributed by atoms with van der Waals surface area (Å²) in [6, 6.07) is 9.18. The van der Waals surface area contributed by atoms with Crippen LogP contribution in [0, 0.1) is 0 Å². The summed E-state index contributed by atoms with van der Waals surface area (Å²) in [7, 11) is -7.90. The maximum absolute atomic E-state index is 13.8. The van der Waals surface area contributed by atoms with Gasteiger partial charge in [-0.05, 0) is 68.1 Å². The molecular formula is C25H34ClN3O8S3. The molecule has 0 bridgehead atoms. The first-order valence-corrected chi connectivity index (χ1v) is 17.5. The molecule has 2 aromatic rings. The molecule has 1 aromatic heterocycles. The van der Waals surface area contributed by atoms with Crippen LogP contribution < -0.4 is 10.2 Å². The van der Waals surface area contributed by atoms with E-state index in [4.69, 9.17) is 25.9 Å². The Morgan fingerprint density at radius 2 is 1.90 bits per heavy atom. The molecule has 4 rings (SSSR count). The number of nitrogens with zero attached hydrogens (tertiary/aromatic N) is 2. The number of halogens is 1. The molecule has 2 fully saturated rings. The molecule has 2 saturated heterocycles. The van der Waals surface area contributed by atoms with Crippen LogP contribution in [-0.2, 0) is 34.4 Å². The van der Waals surface area contributed by atoms with Crippen molar-refractivity contribution < 1.29 is 35.9 Å². The minimum atomic E-state index is -4.15. The number of rotatable bonds is 12. The van der Waals surface area contributed by atoms with Crippen molar-refractivity contribution in [1.29, 1.82) is 0 Å². The molecule has 2 aliphatic rings. The molecule has 40 heavy (non-hydrogen) atoms. The molecule has 15 heteroatoms. The predicted octanol–water partition coefficient (Wildman–Crippen LogP) is 3.02. The number of piperazine rings is 1. The highest BCUT2D eigenvalue weighted by Crippen LogP contribution is 2.34. The van der Waals surface area contributed by atoms with E-state index in [0.29, 0.717) is 25.4 Å². The van der Waals surface area contributed by atoms with Crippen LogP contribution in [-0.4, -0.2) is 88.2 Å². The largest absolute Gasteiger partial charge is 0.494 e. The van der Waals surface area contributed by atoms with E-state index >= 15 is 0 Å². The smallest absolute Gasteiger partial charge is 0.263 e. The van der Waals surface area contributed by atoms with Crippen molar-refractivity contribution in [2.75, 3.05) is 44.5 Å². The number of hydroxylamine groups is 1. The average molecular weight is 636 g/mol. The number of alkyl halides is 1. The molecule has 0 spiro atoms. The minimum Gasteiger partial charge on any atom is -0.494 e. The van der Waals surface area contributed by atoms with E-state index < -0.39 is 38.3 Å². The normalized spacial score (nSPS) is 21.2. The fourth-order valence-electron chi connectivity index (χ4n) is 4.47. The molecular weight excluding hydrogens is 602 g/mol. The fraction of sp³-hybridized carbons (Fsp3) is 0.560. The van der Waals surface area contributed by atoms with Gasteiger partial charge in [0.15, 0.2) is 6.29 Å². The Kier molecular flexibility index (Phi) is 10.8. The molecule has 0 radical (unpaired) electrons. The number of ether oxygens (including phenoxy) is 2. The Hall–Kier alpha value is -1.78. The number of carbonyl (C=O) groups excluding carboxylic acids is 1. The summed E-state index contributed by atoms with van der Waals surface area (Å²) in [4.78, 5) is 19.4. The Balaban J connectivity index is 1.56. The van der Waals surface area contributed by atoms with Crippen molar-refractivity contribution in [1.82, 2.24) is 14.1 Å². The number of benzene rings is 1. The molecule has 2 atom stereocenters. The van der Waals surface area contributed by atoms with Crippen molar-refractivity contribution in [3.8, 4) is 16.2 Å². The first kappa shape index (κ1) is 31.2. The van der Waals surface area contributed by atoms with Crippen molar-refractivity contribution in [2.45, 2.75) is 49.1 Å². The predicted molar refractivity (Wildman–Crippen MR) is 152 cm³/mol. The number of sulfonamides is 2. The molecule has 1 aromatic carbocycles. The van der Waals surface area contributed by atoms with Crippen LogP contribution >= 0.6 is 22.9 Å². The van der Waals surface area contributed by atoms with Gasteiger partial charge in [0.2, 0.25) is 10.0 Å². The van der Waals surface area contributed by atoms with Crippen LogP contribution in [0.15, 0.2) is 40.6 Å². The minimum absolute atomic E-state index is 0.0455. The number of amides is 1. The second kappa shape index (κ2) is 13.9. The zero-order valence-electron chi connectivity index (χ0n) is 22.2. The summed E-state index contributed by atoms with van der Waals surface area (Å²) in [5.74, 6) is -0.0789. The summed E-state index contributed by atoms with van der Waals surface area (Å²) in [5, 5.41) is 0. The van der Waals surface area contributed by atoms with E-state index in [-0.39, 0.29) is 41.9 Å². The van der Waals surface area contributed by atoms with E-state index in [1.54, 1.807) is 6.07 Å². The lowest BCUT2D eigenvalue weighted by atomic mass is 10.2. The lowest BCUT2D eigenvalue weighted by Crippen LogP contribution is -2.61. The van der Waals surface area contributed by atoms with Gasteiger partial charge in [-0.1, -0.05) is 0 Å². The number of hydrogen-bond donors (Lipinski definition) is 1. The van der Waals surface area contributed by atoms with E-state index in [0.717, 1.165) is 43.2 Å². The number of nitrogens with one attached hydrogen (secondary N) is 1. The van der Waals surface area contributed by atoms with Crippen molar-refractivity contribution >= 4 is 48.9 Å². The van der Waals surface area contributed by atoms with Crippen molar-refractivity contribution in [2.24, 2.45) is 0 Å². The molecule has 1 N–H and O–H groups in total. The van der Waals surface area contributed by atoms with Crippen LogP contribution in [0.2, 0.25) is 0 Å². The second-order valence-electron chi connectivity index (χ2n) is 9.30. The molecule has 3 heterocycles. The monoisotopic (exact) mass is 635 g/mol. The Labute approximate surface area is 244 Å². The van der Waals surface area contributed by atoms with Gasteiger partial charge in [-0.25, -0.2) is 27.2 Å². The first-order chi connectivity index (χ1) is 19.2. The third kappa shape index (κ3) is 7.53. The third-order valence-corrected chi connectivity index (χ3v) is 12.2. The summed E-state index contributed by atoms with van der Waals surface area (Å²) in [6.45, 7) is 2.29. The van der Waals surface area contributed by atoms with Crippen molar-refractivity contribution in [3.05, 3.63) is 36.4 Å². The quantitative estimate of drug-likeness (QED) is 0.278. The molecule has 11 nitrogen and oxygen atoms in total. The topological polar surface area (TPSA) is 132 Å². The van der Waals surface area contributed by atoms with Gasteiger partial charge < -0.3 is 9.47 Å². The number of hydrogen-bond acceptors (Lipinski definition) is 9. The zero-order chi connectivity index (χ0) is 28.8. The van der Waals surface area contributed by atoms with E-state index in [1.807, 2.05) is 31.2 Å². The molecule has 0 saturated carbocycles. The molecule has 2 aliphatic heterocycles. The lowest BCUT2D eigenvalue weighted by molar-refractivity contribution is -0.202. The molecule has 1 unspecified atom stereocenters. The molecule has 0 aliphatic carbocycles. The SMILES string of the molecule is CCOc1ccc(-c2ccc(S(=O)(=O)N3CCN(S(=O)(=O)CCCCl)C[C@@H]3C(=O)NOC3CCCCO3)s2)cc1. The summed E-state index contributed by atoms with van der Waals surface area (Å²) in [6.07, 6.45) is 1.92. The molecule has 1 amide bonds. The molecule has 222 valence electrons. The van der Waals surface area contributed by atoms with Gasteiger partial charge in [-0.2, -0.15) is 8.61 Å². The van der Waals surface area contributed by atoms with Crippen LogP contribution in [0.4, 0.5) is 0 Å². The van der Waals surface area contributed by atoms with Gasteiger partial charge in [0.25, 0.3) is 15.9 Å². The van der Waals surface area contributed by atoms with Crippen LogP contribution in [0.25, 0.3) is 10.4 Å². The lowest BCUT2D eigenvalue weighted by Gasteiger charge is -2.38. The highest BCUT2D eigenvalue weighted by Gasteiger charge is 2.43. The second-order valence-corrected chi connectivity index (χ2v) is 15.0. The van der Waals surface area contributed by atoms with Crippen LogP contribution in [0.3, 0.4) is 0 Å². The summed E-state index contributed by atoms with van der Waals surface area (Å²) < 4.78 is 66.6. The standard InChI is InChI=1S/C25H34ClN3O8S3/c1-2-35-20-9-7-19(8-10-20)22-11-12-24(38-22)40(33,34)29-15-14-28(39(31,32)17-5-13-26)18-21(29)25(30)27-37-23-6-3-4-16-36-23/h7-12,21,23H,2-6,13-18H2,1H3,(H,27,30)/t21-,23?/m1/s1. The Bertz CT molecular complexity index is 1350. The van der Waals surface area contributed by atoms with Crippen LogP contribution in [0.5, 0.6) is 5.75 Å². The van der Waals surface area contributed by atoms with Gasteiger partial charge in [-0.3, -0.25) is 4.79 Å².